The maximum absolute atomic E-state index is 12.5. The summed E-state index contributed by atoms with van der Waals surface area (Å²) in [6.45, 7) is 5.61. The standard InChI is InChI=1S/C15H27N3O2.2ClH/c16-13-2-1-12(11-13)15(19)18-7-5-17(6-8-18)14-3-9-20-10-4-14;;/h12-14H,1-11,16H2;2*1H. The van der Waals surface area contributed by atoms with E-state index in [1.165, 1.54) is 0 Å². The van der Waals surface area contributed by atoms with Crippen molar-refractivity contribution in [1.82, 2.24) is 9.80 Å². The Hall–Kier alpha value is -0.0700. The number of rotatable bonds is 2. The Balaban J connectivity index is 0.00000121. The molecule has 7 heteroatoms. The first-order valence-corrected chi connectivity index (χ1v) is 8.10. The quantitative estimate of drug-likeness (QED) is 0.812. The van der Waals surface area contributed by atoms with Gasteiger partial charge in [0.25, 0.3) is 0 Å². The Morgan fingerprint density at radius 1 is 0.955 bits per heavy atom. The van der Waals surface area contributed by atoms with E-state index in [1.807, 2.05) is 0 Å². The zero-order chi connectivity index (χ0) is 13.9. The predicted octanol–water partition coefficient (Wildman–Crippen LogP) is 1.28. The second-order valence-corrected chi connectivity index (χ2v) is 6.47. The Bertz CT molecular complexity index is 346. The minimum atomic E-state index is 0. The highest BCUT2D eigenvalue weighted by atomic mass is 35.5. The van der Waals surface area contributed by atoms with E-state index in [-0.39, 0.29) is 36.8 Å². The van der Waals surface area contributed by atoms with Crippen LogP contribution in [0.5, 0.6) is 0 Å². The Labute approximate surface area is 145 Å². The van der Waals surface area contributed by atoms with Gasteiger partial charge < -0.3 is 15.4 Å². The van der Waals surface area contributed by atoms with Crippen LogP contribution in [0.25, 0.3) is 0 Å². The summed E-state index contributed by atoms with van der Waals surface area (Å²) in [6.07, 6.45) is 5.18. The van der Waals surface area contributed by atoms with Crippen molar-refractivity contribution >= 4 is 30.7 Å². The molecule has 3 fully saturated rings. The highest BCUT2D eigenvalue weighted by Crippen LogP contribution is 2.27. The molecule has 2 heterocycles. The summed E-state index contributed by atoms with van der Waals surface area (Å²) in [5.41, 5.74) is 5.92. The van der Waals surface area contributed by atoms with Gasteiger partial charge in [-0.15, -0.1) is 24.8 Å². The number of ether oxygens (including phenoxy) is 1. The van der Waals surface area contributed by atoms with E-state index in [4.69, 9.17) is 10.5 Å². The van der Waals surface area contributed by atoms with Crippen molar-refractivity contribution in [2.45, 2.75) is 44.2 Å². The fourth-order valence-corrected chi connectivity index (χ4v) is 3.86. The van der Waals surface area contributed by atoms with Crippen LogP contribution in [0.15, 0.2) is 0 Å². The number of carbonyl (C=O) groups is 1. The van der Waals surface area contributed by atoms with Crippen molar-refractivity contribution in [3.63, 3.8) is 0 Å². The number of hydrogen-bond acceptors (Lipinski definition) is 4. The van der Waals surface area contributed by atoms with Crippen molar-refractivity contribution in [2.24, 2.45) is 11.7 Å². The molecule has 3 rings (SSSR count). The third kappa shape index (κ3) is 4.71. The lowest BCUT2D eigenvalue weighted by molar-refractivity contribution is -0.137. The minimum absolute atomic E-state index is 0. The zero-order valence-corrected chi connectivity index (χ0v) is 14.7. The Kier molecular flexibility index (Phi) is 8.43. The summed E-state index contributed by atoms with van der Waals surface area (Å²) in [7, 11) is 0. The van der Waals surface area contributed by atoms with Crippen molar-refractivity contribution < 1.29 is 9.53 Å². The summed E-state index contributed by atoms with van der Waals surface area (Å²) in [6, 6.07) is 0.911. The van der Waals surface area contributed by atoms with Gasteiger partial charge in [0.2, 0.25) is 5.91 Å². The number of hydrogen-bond donors (Lipinski definition) is 1. The van der Waals surface area contributed by atoms with Crippen LogP contribution >= 0.6 is 24.8 Å². The number of nitrogens with zero attached hydrogens (tertiary/aromatic N) is 2. The number of amides is 1. The molecule has 0 aromatic rings. The third-order valence-corrected chi connectivity index (χ3v) is 5.16. The van der Waals surface area contributed by atoms with Crippen LogP contribution < -0.4 is 5.73 Å². The van der Waals surface area contributed by atoms with E-state index in [2.05, 4.69) is 9.80 Å². The summed E-state index contributed by atoms with van der Waals surface area (Å²) in [5.74, 6) is 0.546. The van der Waals surface area contributed by atoms with Gasteiger partial charge in [0.1, 0.15) is 0 Å². The summed E-state index contributed by atoms with van der Waals surface area (Å²) in [4.78, 5) is 17.1. The van der Waals surface area contributed by atoms with E-state index in [1.54, 1.807) is 0 Å². The smallest absolute Gasteiger partial charge is 0.225 e. The highest BCUT2D eigenvalue weighted by Gasteiger charge is 2.33. The first-order chi connectivity index (χ1) is 9.74. The predicted molar refractivity (Wildman–Crippen MR) is 91.8 cm³/mol. The van der Waals surface area contributed by atoms with Gasteiger partial charge in [0, 0.05) is 57.4 Å². The molecular weight excluding hydrogens is 325 g/mol. The molecule has 0 radical (unpaired) electrons. The number of carbonyl (C=O) groups excluding carboxylic acids is 1. The summed E-state index contributed by atoms with van der Waals surface area (Å²) < 4.78 is 5.42. The van der Waals surface area contributed by atoms with Crippen LogP contribution in [0.3, 0.4) is 0 Å². The van der Waals surface area contributed by atoms with Gasteiger partial charge in [-0.05, 0) is 32.1 Å². The molecule has 0 spiro atoms. The molecule has 2 unspecified atom stereocenters. The molecular formula is C15H29Cl2N3O2. The molecule has 1 aliphatic carbocycles. The lowest BCUT2D eigenvalue weighted by Gasteiger charge is -2.41. The molecule has 130 valence electrons. The van der Waals surface area contributed by atoms with E-state index < -0.39 is 0 Å². The third-order valence-electron chi connectivity index (χ3n) is 5.16. The largest absolute Gasteiger partial charge is 0.381 e. The Morgan fingerprint density at radius 3 is 2.14 bits per heavy atom. The topological polar surface area (TPSA) is 58.8 Å². The molecule has 0 aromatic carbocycles. The number of halogens is 2. The van der Waals surface area contributed by atoms with Gasteiger partial charge in [0.05, 0.1) is 0 Å². The molecule has 0 bridgehead atoms. The molecule has 5 nitrogen and oxygen atoms in total. The van der Waals surface area contributed by atoms with Crippen LogP contribution in [0.4, 0.5) is 0 Å². The number of piperazine rings is 1. The maximum Gasteiger partial charge on any atom is 0.225 e. The molecule has 2 atom stereocenters. The van der Waals surface area contributed by atoms with Gasteiger partial charge in [-0.2, -0.15) is 0 Å². The molecule has 2 aliphatic heterocycles. The second kappa shape index (κ2) is 9.28. The van der Waals surface area contributed by atoms with E-state index >= 15 is 0 Å². The van der Waals surface area contributed by atoms with Gasteiger partial charge in [-0.3, -0.25) is 9.69 Å². The van der Waals surface area contributed by atoms with Crippen LogP contribution in [0.2, 0.25) is 0 Å². The van der Waals surface area contributed by atoms with Gasteiger partial charge in [0.15, 0.2) is 0 Å². The van der Waals surface area contributed by atoms with Gasteiger partial charge in [-0.1, -0.05) is 0 Å². The summed E-state index contributed by atoms with van der Waals surface area (Å²) >= 11 is 0. The van der Waals surface area contributed by atoms with E-state index in [0.717, 1.165) is 71.5 Å². The van der Waals surface area contributed by atoms with Crippen molar-refractivity contribution in [3.8, 4) is 0 Å². The lowest BCUT2D eigenvalue weighted by Crippen LogP contribution is -2.54. The average molecular weight is 354 g/mol. The monoisotopic (exact) mass is 353 g/mol. The fraction of sp³-hybridized carbons (Fsp3) is 0.933. The van der Waals surface area contributed by atoms with Crippen LogP contribution in [0, 0.1) is 5.92 Å². The average Bonchev–Trinajstić information content (AvgIpc) is 2.94. The molecule has 2 N–H and O–H groups in total. The van der Waals surface area contributed by atoms with Crippen LogP contribution in [0.1, 0.15) is 32.1 Å². The molecule has 0 aromatic heterocycles. The zero-order valence-electron chi connectivity index (χ0n) is 13.1. The van der Waals surface area contributed by atoms with E-state index in [9.17, 15) is 4.79 Å². The van der Waals surface area contributed by atoms with Crippen molar-refractivity contribution in [1.29, 1.82) is 0 Å². The maximum atomic E-state index is 12.5. The normalized spacial score (nSPS) is 30.5. The van der Waals surface area contributed by atoms with Crippen LogP contribution in [-0.2, 0) is 9.53 Å². The lowest BCUT2D eigenvalue weighted by atomic mass is 10.0. The molecule has 3 aliphatic rings. The molecule has 1 saturated carbocycles. The SMILES string of the molecule is Cl.Cl.NC1CCC(C(=O)N2CCN(C3CCOCC3)CC2)C1. The van der Waals surface area contributed by atoms with Crippen LogP contribution in [-0.4, -0.2) is 67.2 Å². The fourth-order valence-electron chi connectivity index (χ4n) is 3.86. The molecule has 22 heavy (non-hydrogen) atoms. The van der Waals surface area contributed by atoms with Crippen molar-refractivity contribution in [2.75, 3.05) is 39.4 Å². The van der Waals surface area contributed by atoms with Gasteiger partial charge >= 0.3 is 0 Å². The second-order valence-electron chi connectivity index (χ2n) is 6.47. The molecule has 1 amide bonds. The first kappa shape index (κ1) is 20.0. The minimum Gasteiger partial charge on any atom is -0.381 e. The molecule has 2 saturated heterocycles. The highest BCUT2D eigenvalue weighted by molar-refractivity contribution is 5.85. The summed E-state index contributed by atoms with van der Waals surface area (Å²) in [5, 5.41) is 0. The van der Waals surface area contributed by atoms with Crippen molar-refractivity contribution in [3.05, 3.63) is 0 Å². The number of nitrogens with two attached hydrogens (primary N) is 1. The van der Waals surface area contributed by atoms with E-state index in [0.29, 0.717) is 11.9 Å². The first-order valence-electron chi connectivity index (χ1n) is 8.10. The Morgan fingerprint density at radius 2 is 1.59 bits per heavy atom. The van der Waals surface area contributed by atoms with Gasteiger partial charge in [-0.25, -0.2) is 0 Å².